The predicted octanol–water partition coefficient (Wildman–Crippen LogP) is 4.19. The first-order valence-electron chi connectivity index (χ1n) is 6.40. The van der Waals surface area contributed by atoms with Crippen molar-refractivity contribution in [3.8, 4) is 11.6 Å². The highest BCUT2D eigenvalue weighted by molar-refractivity contribution is 9.10. The molecule has 106 valence electrons. The van der Waals surface area contributed by atoms with Gasteiger partial charge in [-0.05, 0) is 43.3 Å². The van der Waals surface area contributed by atoms with E-state index in [-0.39, 0.29) is 5.88 Å². The van der Waals surface area contributed by atoms with Crippen molar-refractivity contribution in [1.29, 1.82) is 0 Å². The van der Waals surface area contributed by atoms with E-state index in [4.69, 9.17) is 4.74 Å². The Kier molecular flexibility index (Phi) is 5.09. The van der Waals surface area contributed by atoms with Crippen molar-refractivity contribution in [1.82, 2.24) is 10.3 Å². The van der Waals surface area contributed by atoms with E-state index in [1.807, 2.05) is 26.0 Å². The van der Waals surface area contributed by atoms with Crippen molar-refractivity contribution >= 4 is 15.9 Å². The van der Waals surface area contributed by atoms with E-state index in [1.54, 1.807) is 18.3 Å². The van der Waals surface area contributed by atoms with Gasteiger partial charge in [0.25, 0.3) is 5.88 Å². The van der Waals surface area contributed by atoms with Crippen LogP contribution in [0.4, 0.5) is 4.39 Å². The zero-order valence-corrected chi connectivity index (χ0v) is 13.0. The highest BCUT2D eigenvalue weighted by Crippen LogP contribution is 2.27. The molecule has 0 aliphatic heterocycles. The van der Waals surface area contributed by atoms with Crippen LogP contribution in [0.25, 0.3) is 0 Å². The van der Waals surface area contributed by atoms with E-state index in [0.29, 0.717) is 17.9 Å². The number of halogens is 2. The van der Waals surface area contributed by atoms with E-state index in [9.17, 15) is 4.39 Å². The molecule has 1 aromatic carbocycles. The normalized spacial score (nSPS) is 10.6. The van der Waals surface area contributed by atoms with E-state index >= 15 is 0 Å². The maximum absolute atomic E-state index is 14.2. The van der Waals surface area contributed by atoms with Crippen LogP contribution >= 0.6 is 15.9 Å². The summed E-state index contributed by atoms with van der Waals surface area (Å²) < 4.78 is 20.7. The summed E-state index contributed by atoms with van der Waals surface area (Å²) in [5.41, 5.74) is 1.57. The second kappa shape index (κ2) is 6.81. The number of aryl methyl sites for hydroxylation is 1. The summed E-state index contributed by atoms with van der Waals surface area (Å²) >= 11 is 3.42. The molecule has 1 N–H and O–H groups in total. The van der Waals surface area contributed by atoms with Crippen LogP contribution in [-0.2, 0) is 6.54 Å². The van der Waals surface area contributed by atoms with Crippen molar-refractivity contribution in [2.24, 2.45) is 0 Å². The highest BCUT2D eigenvalue weighted by Gasteiger charge is 2.11. The molecule has 0 amide bonds. The van der Waals surface area contributed by atoms with Crippen LogP contribution in [0.15, 0.2) is 34.9 Å². The van der Waals surface area contributed by atoms with Crippen LogP contribution in [0.1, 0.15) is 18.1 Å². The van der Waals surface area contributed by atoms with Crippen LogP contribution in [0, 0.1) is 12.7 Å². The second-order valence-corrected chi connectivity index (χ2v) is 5.24. The fraction of sp³-hybridized carbons (Fsp3) is 0.267. The van der Waals surface area contributed by atoms with Crippen LogP contribution < -0.4 is 10.1 Å². The molecule has 20 heavy (non-hydrogen) atoms. The predicted molar refractivity (Wildman–Crippen MR) is 80.5 cm³/mol. The summed E-state index contributed by atoms with van der Waals surface area (Å²) in [4.78, 5) is 3.96. The summed E-state index contributed by atoms with van der Waals surface area (Å²) in [7, 11) is 0. The second-order valence-electron chi connectivity index (χ2n) is 4.38. The lowest BCUT2D eigenvalue weighted by Gasteiger charge is -2.10. The molecule has 2 rings (SSSR count). The third-order valence-electron chi connectivity index (χ3n) is 2.85. The van der Waals surface area contributed by atoms with Crippen molar-refractivity contribution in [3.05, 3.63) is 51.9 Å². The molecule has 0 unspecified atom stereocenters. The fourth-order valence-electron chi connectivity index (χ4n) is 1.72. The number of ether oxygens (including phenoxy) is 1. The Hall–Kier alpha value is -1.46. The minimum atomic E-state index is -0.422. The number of rotatable bonds is 5. The SMILES string of the molecule is CCNCc1ccnc(Oc2ccc(Br)c(C)c2)c1F. The molecular weight excluding hydrogens is 323 g/mol. The van der Waals surface area contributed by atoms with Gasteiger partial charge in [0.15, 0.2) is 5.82 Å². The van der Waals surface area contributed by atoms with Gasteiger partial charge in [0, 0.05) is 22.8 Å². The van der Waals surface area contributed by atoms with Crippen molar-refractivity contribution in [2.45, 2.75) is 20.4 Å². The monoisotopic (exact) mass is 338 g/mol. The third-order valence-corrected chi connectivity index (χ3v) is 3.74. The summed E-state index contributed by atoms with van der Waals surface area (Å²) in [6, 6.07) is 7.13. The third kappa shape index (κ3) is 3.55. The van der Waals surface area contributed by atoms with Gasteiger partial charge in [-0.25, -0.2) is 9.37 Å². The van der Waals surface area contributed by atoms with Gasteiger partial charge >= 0.3 is 0 Å². The molecule has 0 aliphatic carbocycles. The Morgan fingerprint density at radius 1 is 1.35 bits per heavy atom. The molecule has 0 saturated heterocycles. The summed E-state index contributed by atoms with van der Waals surface area (Å²) in [6.45, 7) is 5.16. The van der Waals surface area contributed by atoms with E-state index in [1.165, 1.54) is 0 Å². The first-order chi connectivity index (χ1) is 9.61. The summed E-state index contributed by atoms with van der Waals surface area (Å²) in [5.74, 6) is 0.147. The lowest BCUT2D eigenvalue weighted by Crippen LogP contribution is -2.13. The van der Waals surface area contributed by atoms with Gasteiger partial charge in [0.05, 0.1) is 0 Å². The molecule has 1 heterocycles. The molecule has 5 heteroatoms. The average molecular weight is 339 g/mol. The largest absolute Gasteiger partial charge is 0.436 e. The molecule has 0 bridgehead atoms. The van der Waals surface area contributed by atoms with Gasteiger partial charge in [0.1, 0.15) is 5.75 Å². The zero-order valence-electron chi connectivity index (χ0n) is 11.4. The molecule has 0 atom stereocenters. The molecule has 0 aliphatic rings. The Labute approximate surface area is 126 Å². The molecule has 1 aromatic heterocycles. The van der Waals surface area contributed by atoms with Crippen LogP contribution in [0.2, 0.25) is 0 Å². The summed E-state index contributed by atoms with van der Waals surface area (Å²) in [6.07, 6.45) is 1.55. The number of nitrogens with zero attached hydrogens (tertiary/aromatic N) is 1. The molecule has 3 nitrogen and oxygen atoms in total. The Bertz CT molecular complexity index is 604. The highest BCUT2D eigenvalue weighted by atomic mass is 79.9. The molecule has 0 spiro atoms. The van der Waals surface area contributed by atoms with Gasteiger partial charge in [-0.3, -0.25) is 0 Å². The number of nitrogens with one attached hydrogen (secondary N) is 1. The van der Waals surface area contributed by atoms with Crippen LogP contribution in [0.5, 0.6) is 11.6 Å². The van der Waals surface area contributed by atoms with Crippen molar-refractivity contribution < 1.29 is 9.13 Å². The number of aromatic nitrogens is 1. The summed E-state index contributed by atoms with van der Waals surface area (Å²) in [5, 5.41) is 3.08. The number of hydrogen-bond donors (Lipinski definition) is 1. The molecular formula is C15H16BrFN2O. The minimum absolute atomic E-state index is 0.00197. The fourth-order valence-corrected chi connectivity index (χ4v) is 1.97. The van der Waals surface area contributed by atoms with Crippen molar-refractivity contribution in [2.75, 3.05) is 6.54 Å². The molecule has 0 saturated carbocycles. The lowest BCUT2D eigenvalue weighted by molar-refractivity contribution is 0.417. The zero-order chi connectivity index (χ0) is 14.5. The topological polar surface area (TPSA) is 34.2 Å². The van der Waals surface area contributed by atoms with E-state index in [0.717, 1.165) is 16.6 Å². The number of pyridine rings is 1. The lowest BCUT2D eigenvalue weighted by atomic mass is 10.2. The van der Waals surface area contributed by atoms with Gasteiger partial charge in [-0.2, -0.15) is 0 Å². The first-order valence-corrected chi connectivity index (χ1v) is 7.19. The molecule has 0 fully saturated rings. The Balaban J connectivity index is 2.22. The van der Waals surface area contributed by atoms with Gasteiger partial charge in [0.2, 0.25) is 0 Å². The van der Waals surface area contributed by atoms with Gasteiger partial charge in [-0.1, -0.05) is 22.9 Å². The Morgan fingerprint density at radius 3 is 2.85 bits per heavy atom. The van der Waals surface area contributed by atoms with E-state index in [2.05, 4.69) is 26.2 Å². The van der Waals surface area contributed by atoms with Crippen LogP contribution in [0.3, 0.4) is 0 Å². The average Bonchev–Trinajstić information content (AvgIpc) is 2.44. The number of benzene rings is 1. The molecule has 2 aromatic rings. The maximum Gasteiger partial charge on any atom is 0.256 e. The van der Waals surface area contributed by atoms with E-state index < -0.39 is 5.82 Å². The maximum atomic E-state index is 14.2. The van der Waals surface area contributed by atoms with Gasteiger partial charge in [-0.15, -0.1) is 0 Å². The van der Waals surface area contributed by atoms with Crippen LogP contribution in [-0.4, -0.2) is 11.5 Å². The Morgan fingerprint density at radius 2 is 2.15 bits per heavy atom. The minimum Gasteiger partial charge on any atom is -0.436 e. The quantitative estimate of drug-likeness (QED) is 0.887. The van der Waals surface area contributed by atoms with Gasteiger partial charge < -0.3 is 10.1 Å². The standard InChI is InChI=1S/C15H16BrFN2O/c1-3-18-9-11-6-7-19-15(14(11)17)20-12-4-5-13(16)10(2)8-12/h4-8,18H,3,9H2,1-2H3. The van der Waals surface area contributed by atoms with Crippen molar-refractivity contribution in [3.63, 3.8) is 0 Å². The number of hydrogen-bond acceptors (Lipinski definition) is 3. The molecule has 0 radical (unpaired) electrons. The smallest absolute Gasteiger partial charge is 0.256 e. The first kappa shape index (κ1) is 14.9.